The summed E-state index contributed by atoms with van der Waals surface area (Å²) in [7, 11) is 0. The van der Waals surface area contributed by atoms with Crippen molar-refractivity contribution in [1.29, 1.82) is 0 Å². The molecule has 2 aromatic heterocycles. The summed E-state index contributed by atoms with van der Waals surface area (Å²) >= 11 is 0. The molecule has 2 aromatic rings. The van der Waals surface area contributed by atoms with Crippen molar-refractivity contribution in [3.63, 3.8) is 0 Å². The molecule has 1 aliphatic heterocycles. The number of oxazole rings is 1. The second-order valence-electron chi connectivity index (χ2n) is 6.34. The van der Waals surface area contributed by atoms with Gasteiger partial charge in [-0.05, 0) is 6.92 Å². The molecule has 0 bridgehead atoms. The fraction of sp³-hybridized carbons (Fsp3) is 0.500. The van der Waals surface area contributed by atoms with Crippen LogP contribution >= 0.6 is 0 Å². The first-order valence-electron chi connectivity index (χ1n) is 7.91. The first kappa shape index (κ1) is 16.2. The number of carbonyl (C=O) groups is 1. The summed E-state index contributed by atoms with van der Waals surface area (Å²) in [6.45, 7) is 6.39. The molecule has 0 radical (unpaired) electrons. The molecule has 0 unspecified atom stereocenters. The van der Waals surface area contributed by atoms with E-state index in [1.807, 2.05) is 13.8 Å². The van der Waals surface area contributed by atoms with Gasteiger partial charge in [0.1, 0.15) is 18.0 Å². The normalized spacial score (nSPS) is 14.1. The average Bonchev–Trinajstić information content (AvgIpc) is 2.96. The highest BCUT2D eigenvalue weighted by molar-refractivity contribution is 5.76. The van der Waals surface area contributed by atoms with Crippen LogP contribution in [0.25, 0.3) is 0 Å². The van der Waals surface area contributed by atoms with Gasteiger partial charge in [-0.3, -0.25) is 19.1 Å². The molecule has 0 atom stereocenters. The van der Waals surface area contributed by atoms with Crippen LogP contribution in [-0.2, 0) is 24.3 Å². The van der Waals surface area contributed by atoms with E-state index in [4.69, 9.17) is 4.42 Å². The Morgan fingerprint density at radius 1 is 1.42 bits per heavy atom. The molecule has 1 aliphatic rings. The molecular formula is C16H20N4O4. The van der Waals surface area contributed by atoms with Crippen LogP contribution in [0.1, 0.15) is 42.7 Å². The maximum atomic E-state index is 12.5. The highest BCUT2D eigenvalue weighted by Gasteiger charge is 2.26. The molecule has 24 heavy (non-hydrogen) atoms. The fourth-order valence-electron chi connectivity index (χ4n) is 2.66. The van der Waals surface area contributed by atoms with Gasteiger partial charge in [-0.25, -0.2) is 9.78 Å². The monoisotopic (exact) mass is 332 g/mol. The van der Waals surface area contributed by atoms with Crippen molar-refractivity contribution in [2.75, 3.05) is 6.54 Å². The number of nitrogens with one attached hydrogen (secondary N) is 1. The molecule has 0 aliphatic carbocycles. The standard InChI is InChI=1S/C16H20N4O4/c1-9(2)15-17-11-7-19(5-4-12(11)24-15)13(21)8-20-6-10(3)14(22)18-16(20)23/h6,9H,4-5,7-8H2,1-3H3,(H,18,22,23). The van der Waals surface area contributed by atoms with Gasteiger partial charge < -0.3 is 9.32 Å². The number of hydrogen-bond donors (Lipinski definition) is 1. The lowest BCUT2D eigenvalue weighted by atomic mass is 10.1. The Balaban J connectivity index is 1.76. The van der Waals surface area contributed by atoms with Gasteiger partial charge in [-0.15, -0.1) is 0 Å². The second-order valence-corrected chi connectivity index (χ2v) is 6.34. The van der Waals surface area contributed by atoms with Crippen LogP contribution in [-0.4, -0.2) is 31.9 Å². The van der Waals surface area contributed by atoms with Crippen LogP contribution in [0.2, 0.25) is 0 Å². The van der Waals surface area contributed by atoms with Gasteiger partial charge >= 0.3 is 5.69 Å². The number of aromatic nitrogens is 3. The third-order valence-corrected chi connectivity index (χ3v) is 4.09. The molecule has 0 aromatic carbocycles. The Labute approximate surface area is 138 Å². The quantitative estimate of drug-likeness (QED) is 0.884. The summed E-state index contributed by atoms with van der Waals surface area (Å²) in [6, 6.07) is 0. The summed E-state index contributed by atoms with van der Waals surface area (Å²) in [6.07, 6.45) is 2.02. The highest BCUT2D eigenvalue weighted by atomic mass is 16.4. The van der Waals surface area contributed by atoms with Crippen LogP contribution < -0.4 is 11.2 Å². The zero-order valence-corrected chi connectivity index (χ0v) is 14.0. The molecular weight excluding hydrogens is 312 g/mol. The van der Waals surface area contributed by atoms with Crippen LogP contribution in [0, 0.1) is 6.92 Å². The number of rotatable bonds is 3. The van der Waals surface area contributed by atoms with Gasteiger partial charge in [-0.1, -0.05) is 13.8 Å². The summed E-state index contributed by atoms with van der Waals surface area (Å²) in [5.41, 5.74) is 0.153. The maximum absolute atomic E-state index is 12.5. The average molecular weight is 332 g/mol. The Morgan fingerprint density at radius 2 is 2.17 bits per heavy atom. The van der Waals surface area contributed by atoms with E-state index >= 15 is 0 Å². The molecule has 8 heteroatoms. The highest BCUT2D eigenvalue weighted by Crippen LogP contribution is 2.23. The Hall–Kier alpha value is -2.64. The minimum absolute atomic E-state index is 0.110. The number of fused-ring (bicyclic) bond motifs is 1. The van der Waals surface area contributed by atoms with Gasteiger partial charge in [0.25, 0.3) is 5.56 Å². The Bertz CT molecular complexity index is 890. The predicted octanol–water partition coefficient (Wildman–Crippen LogP) is 0.541. The van der Waals surface area contributed by atoms with Crippen LogP contribution in [0.3, 0.4) is 0 Å². The molecule has 1 N–H and O–H groups in total. The van der Waals surface area contributed by atoms with E-state index in [1.54, 1.807) is 11.8 Å². The first-order valence-corrected chi connectivity index (χ1v) is 7.91. The van der Waals surface area contributed by atoms with Crippen molar-refractivity contribution in [3.8, 4) is 0 Å². The van der Waals surface area contributed by atoms with Gasteiger partial charge in [0.15, 0.2) is 5.89 Å². The van der Waals surface area contributed by atoms with E-state index in [-0.39, 0.29) is 18.4 Å². The Morgan fingerprint density at radius 3 is 2.88 bits per heavy atom. The third kappa shape index (κ3) is 3.04. The molecule has 3 rings (SSSR count). The van der Waals surface area contributed by atoms with E-state index in [0.717, 1.165) is 11.5 Å². The number of H-pyrrole nitrogens is 1. The molecule has 0 saturated heterocycles. The van der Waals surface area contributed by atoms with Crippen molar-refractivity contribution >= 4 is 5.91 Å². The van der Waals surface area contributed by atoms with Crippen LogP contribution in [0.5, 0.6) is 0 Å². The van der Waals surface area contributed by atoms with E-state index < -0.39 is 11.2 Å². The molecule has 0 saturated carbocycles. The van der Waals surface area contributed by atoms with Crippen LogP contribution in [0.4, 0.5) is 0 Å². The van der Waals surface area contributed by atoms with E-state index in [1.165, 1.54) is 10.8 Å². The predicted molar refractivity (Wildman–Crippen MR) is 85.8 cm³/mol. The van der Waals surface area contributed by atoms with Crippen LogP contribution in [0.15, 0.2) is 20.2 Å². The minimum Gasteiger partial charge on any atom is -0.445 e. The molecule has 3 heterocycles. The van der Waals surface area contributed by atoms with Gasteiger partial charge in [-0.2, -0.15) is 0 Å². The lowest BCUT2D eigenvalue weighted by molar-refractivity contribution is -0.133. The number of carbonyl (C=O) groups excluding carboxylic acids is 1. The number of nitrogens with zero attached hydrogens (tertiary/aromatic N) is 3. The fourth-order valence-corrected chi connectivity index (χ4v) is 2.66. The zero-order chi connectivity index (χ0) is 17.4. The SMILES string of the molecule is Cc1cn(CC(=O)N2CCc3oc(C(C)C)nc3C2)c(=O)[nH]c1=O. The molecule has 1 amide bonds. The summed E-state index contributed by atoms with van der Waals surface area (Å²) in [5, 5.41) is 0. The molecule has 0 fully saturated rings. The number of aryl methyl sites for hydroxylation is 1. The number of hydrogen-bond acceptors (Lipinski definition) is 5. The topological polar surface area (TPSA) is 101 Å². The van der Waals surface area contributed by atoms with E-state index in [0.29, 0.717) is 31.0 Å². The lowest BCUT2D eigenvalue weighted by Crippen LogP contribution is -2.41. The molecule has 8 nitrogen and oxygen atoms in total. The lowest BCUT2D eigenvalue weighted by Gasteiger charge is -2.25. The number of aromatic amines is 1. The van der Waals surface area contributed by atoms with Gasteiger partial charge in [0, 0.05) is 30.6 Å². The molecule has 128 valence electrons. The Kier molecular flexibility index (Phi) is 4.13. The van der Waals surface area contributed by atoms with E-state index in [2.05, 4.69) is 9.97 Å². The zero-order valence-electron chi connectivity index (χ0n) is 14.0. The maximum Gasteiger partial charge on any atom is 0.328 e. The smallest absolute Gasteiger partial charge is 0.328 e. The largest absolute Gasteiger partial charge is 0.445 e. The minimum atomic E-state index is -0.583. The summed E-state index contributed by atoms with van der Waals surface area (Å²) < 4.78 is 6.94. The van der Waals surface area contributed by atoms with Crippen molar-refractivity contribution in [2.24, 2.45) is 0 Å². The third-order valence-electron chi connectivity index (χ3n) is 4.09. The van der Waals surface area contributed by atoms with Gasteiger partial charge in [0.2, 0.25) is 5.91 Å². The summed E-state index contributed by atoms with van der Waals surface area (Å²) in [5.74, 6) is 1.52. The second kappa shape index (κ2) is 6.10. The van der Waals surface area contributed by atoms with Crippen molar-refractivity contribution in [2.45, 2.75) is 46.2 Å². The van der Waals surface area contributed by atoms with Gasteiger partial charge in [0.05, 0.1) is 6.54 Å². The van der Waals surface area contributed by atoms with Crippen molar-refractivity contribution < 1.29 is 9.21 Å². The first-order chi connectivity index (χ1) is 11.3. The van der Waals surface area contributed by atoms with E-state index in [9.17, 15) is 14.4 Å². The number of amides is 1. The summed E-state index contributed by atoms with van der Waals surface area (Å²) in [4.78, 5) is 44.0. The van der Waals surface area contributed by atoms with Crippen molar-refractivity contribution in [3.05, 3.63) is 49.9 Å². The molecule has 0 spiro atoms. The van der Waals surface area contributed by atoms with Crippen molar-refractivity contribution in [1.82, 2.24) is 19.4 Å².